The number of piperidine rings is 1. The third-order valence-corrected chi connectivity index (χ3v) is 5.52. The summed E-state index contributed by atoms with van der Waals surface area (Å²) < 4.78 is 106. The SMILES string of the molecule is [C-]#[N+][C-]([N+]#[C-])S(=O)(=O)C(F)(F)C(F)(F)C(F)(F)C(=O)N1CCC(C(=O)O)CC1. The van der Waals surface area contributed by atoms with E-state index in [-0.39, 0.29) is 4.90 Å². The summed E-state index contributed by atoms with van der Waals surface area (Å²) in [5.74, 6) is -18.3. The molecular weight excluding hydrogens is 424 g/mol. The van der Waals surface area contributed by atoms with Gasteiger partial charge in [0.2, 0.25) is 0 Å². The minimum atomic E-state index is -6.83. The Morgan fingerprint density at radius 3 is 1.82 bits per heavy atom. The van der Waals surface area contributed by atoms with E-state index >= 15 is 0 Å². The number of aliphatic carboxylic acids is 1. The highest BCUT2D eigenvalue weighted by molar-refractivity contribution is 7.95. The van der Waals surface area contributed by atoms with Gasteiger partial charge < -0.3 is 19.7 Å². The topological polar surface area (TPSA) is 100 Å². The first-order chi connectivity index (χ1) is 12.6. The van der Waals surface area contributed by atoms with Crippen molar-refractivity contribution in [2.45, 2.75) is 29.9 Å². The largest absolute Gasteiger partial charge is 0.481 e. The van der Waals surface area contributed by atoms with Crippen LogP contribution in [0.4, 0.5) is 26.3 Å². The molecule has 156 valence electrons. The first-order valence-electron chi connectivity index (χ1n) is 7.11. The molecule has 1 saturated heterocycles. The molecule has 1 fully saturated rings. The Morgan fingerprint density at radius 2 is 1.46 bits per heavy atom. The quantitative estimate of drug-likeness (QED) is 0.508. The Labute approximate surface area is 154 Å². The highest BCUT2D eigenvalue weighted by Crippen LogP contribution is 2.51. The molecule has 0 saturated carbocycles. The van der Waals surface area contributed by atoms with Crippen LogP contribution in [-0.4, -0.2) is 60.5 Å². The number of rotatable bonds is 6. The standard InChI is InChI=1S/C13H10F6N3O5S/c1-20-10(21-2)28(26,27)13(18,19)12(16,17)11(14,15)9(25)22-5-3-7(4-6-22)8(23)24/h7H,3-6H2,(H,23,24)/q-1. The summed E-state index contributed by atoms with van der Waals surface area (Å²) in [6, 6.07) is 0. The van der Waals surface area contributed by atoms with E-state index in [0.29, 0.717) is 0 Å². The second-order valence-electron chi connectivity index (χ2n) is 5.58. The molecule has 1 rings (SSSR count). The van der Waals surface area contributed by atoms with Crippen LogP contribution in [0.15, 0.2) is 0 Å². The minimum Gasteiger partial charge on any atom is -0.481 e. The van der Waals surface area contributed by atoms with Crippen molar-refractivity contribution < 1.29 is 49.5 Å². The Kier molecular flexibility index (Phi) is 6.16. The number of carboxylic acids is 1. The smallest absolute Gasteiger partial charge is 0.431 e. The fourth-order valence-electron chi connectivity index (χ4n) is 2.27. The van der Waals surface area contributed by atoms with Crippen molar-refractivity contribution in [1.82, 2.24) is 4.90 Å². The molecule has 1 aliphatic heterocycles. The number of sulfone groups is 1. The molecule has 1 amide bonds. The number of amides is 1. The summed E-state index contributed by atoms with van der Waals surface area (Å²) >= 11 is 0. The number of nitrogens with zero attached hydrogens (tertiary/aromatic N) is 3. The molecule has 15 heteroatoms. The molecule has 0 radical (unpaired) electrons. The van der Waals surface area contributed by atoms with Gasteiger partial charge >= 0.3 is 28.6 Å². The van der Waals surface area contributed by atoms with Crippen LogP contribution in [0.5, 0.6) is 0 Å². The number of carboxylic acid groups (broad SMARTS) is 1. The number of halogens is 6. The van der Waals surface area contributed by atoms with Crippen LogP contribution in [0.1, 0.15) is 12.8 Å². The van der Waals surface area contributed by atoms with Crippen LogP contribution in [0.25, 0.3) is 9.69 Å². The normalized spacial score (nSPS) is 16.8. The lowest BCUT2D eigenvalue weighted by molar-refractivity contribution is -0.273. The number of alkyl halides is 6. The van der Waals surface area contributed by atoms with Gasteiger partial charge in [-0.15, -0.1) is 0 Å². The summed E-state index contributed by atoms with van der Waals surface area (Å²) in [5, 5.41) is 2.11. The molecule has 0 aromatic rings. The van der Waals surface area contributed by atoms with Crippen molar-refractivity contribution >= 4 is 21.7 Å². The van der Waals surface area contributed by atoms with Gasteiger partial charge in [0.15, 0.2) is 0 Å². The second-order valence-corrected chi connectivity index (χ2v) is 7.46. The third kappa shape index (κ3) is 3.42. The van der Waals surface area contributed by atoms with E-state index in [1.165, 1.54) is 0 Å². The number of carbonyl (C=O) groups is 2. The van der Waals surface area contributed by atoms with Crippen molar-refractivity contribution in [1.29, 1.82) is 0 Å². The summed E-state index contributed by atoms with van der Waals surface area (Å²) in [4.78, 5) is 26.1. The maximum atomic E-state index is 14.0. The van der Waals surface area contributed by atoms with Gasteiger partial charge in [0.1, 0.15) is 0 Å². The van der Waals surface area contributed by atoms with E-state index in [9.17, 15) is 44.3 Å². The fourth-order valence-corrected chi connectivity index (χ4v) is 3.21. The molecule has 0 aromatic heterocycles. The third-order valence-electron chi connectivity index (χ3n) is 3.93. The van der Waals surface area contributed by atoms with Gasteiger partial charge in [-0.2, -0.15) is 26.3 Å². The lowest BCUT2D eigenvalue weighted by Crippen LogP contribution is -2.64. The van der Waals surface area contributed by atoms with E-state index in [2.05, 4.69) is 0 Å². The molecule has 0 aliphatic carbocycles. The Morgan fingerprint density at radius 1 is 1.04 bits per heavy atom. The van der Waals surface area contributed by atoms with Gasteiger partial charge in [-0.1, -0.05) is 0 Å². The maximum absolute atomic E-state index is 14.0. The zero-order valence-electron chi connectivity index (χ0n) is 13.5. The highest BCUT2D eigenvalue weighted by Gasteiger charge is 2.81. The number of likely N-dealkylation sites (tertiary alicyclic amines) is 1. The van der Waals surface area contributed by atoms with Gasteiger partial charge in [-0.3, -0.25) is 22.7 Å². The Hall–Kier alpha value is -2.68. The van der Waals surface area contributed by atoms with Crippen molar-refractivity contribution in [2.24, 2.45) is 5.92 Å². The van der Waals surface area contributed by atoms with Crippen molar-refractivity contribution in [3.05, 3.63) is 28.3 Å². The van der Waals surface area contributed by atoms with Crippen LogP contribution in [-0.2, 0) is 19.4 Å². The van der Waals surface area contributed by atoms with Gasteiger partial charge in [0, 0.05) is 13.1 Å². The fraction of sp³-hybridized carbons (Fsp3) is 0.615. The zero-order valence-corrected chi connectivity index (χ0v) is 14.3. The van der Waals surface area contributed by atoms with Crippen LogP contribution < -0.4 is 0 Å². The van der Waals surface area contributed by atoms with E-state index in [0.717, 1.165) is 0 Å². The molecule has 1 aliphatic rings. The Bertz CT molecular complexity index is 826. The highest BCUT2D eigenvalue weighted by atomic mass is 32.2. The van der Waals surface area contributed by atoms with E-state index in [1.54, 1.807) is 0 Å². The predicted molar refractivity (Wildman–Crippen MR) is 77.1 cm³/mol. The molecular formula is C13H10F6N3O5S-. The average molecular weight is 434 g/mol. The molecule has 0 aromatic carbocycles. The van der Waals surface area contributed by atoms with Crippen LogP contribution in [0, 0.1) is 24.6 Å². The van der Waals surface area contributed by atoms with Crippen molar-refractivity contribution in [3.63, 3.8) is 0 Å². The minimum absolute atomic E-state index is 0.0183. The predicted octanol–water partition coefficient (Wildman–Crippen LogP) is 1.87. The van der Waals surface area contributed by atoms with Gasteiger partial charge in [0.25, 0.3) is 15.7 Å². The summed E-state index contributed by atoms with van der Waals surface area (Å²) in [6.07, 6.45) is -0.824. The van der Waals surface area contributed by atoms with Crippen molar-refractivity contribution in [2.75, 3.05) is 13.1 Å². The lowest BCUT2D eigenvalue weighted by atomic mass is 9.96. The van der Waals surface area contributed by atoms with E-state index < -0.39 is 76.2 Å². The molecule has 0 atom stereocenters. The van der Waals surface area contributed by atoms with Crippen molar-refractivity contribution in [3.8, 4) is 0 Å². The number of carbonyl (C=O) groups excluding carboxylic acids is 1. The first-order valence-corrected chi connectivity index (χ1v) is 8.60. The maximum Gasteiger partial charge on any atom is 0.431 e. The van der Waals surface area contributed by atoms with Crippen LogP contribution >= 0.6 is 0 Å². The van der Waals surface area contributed by atoms with E-state index in [1.807, 2.05) is 9.69 Å². The molecule has 0 spiro atoms. The van der Waals surface area contributed by atoms with E-state index in [4.69, 9.17) is 18.3 Å². The second kappa shape index (κ2) is 7.38. The molecule has 1 N–H and O–H groups in total. The summed E-state index contributed by atoms with van der Waals surface area (Å²) in [5.41, 5.74) is -2.47. The van der Waals surface area contributed by atoms with Crippen LogP contribution in [0.3, 0.4) is 0 Å². The Balaban J connectivity index is 3.24. The number of hydrogen-bond donors (Lipinski definition) is 1. The summed E-state index contributed by atoms with van der Waals surface area (Å²) in [6.45, 7) is 11.0. The molecule has 1 heterocycles. The zero-order chi connectivity index (χ0) is 22.1. The average Bonchev–Trinajstić information content (AvgIpc) is 2.61. The molecule has 0 bridgehead atoms. The van der Waals surface area contributed by atoms with Gasteiger partial charge in [0.05, 0.1) is 5.92 Å². The lowest BCUT2D eigenvalue weighted by Gasteiger charge is -2.36. The first kappa shape index (κ1) is 23.4. The molecule has 0 unspecified atom stereocenters. The summed E-state index contributed by atoms with van der Waals surface area (Å²) in [7, 11) is -6.83. The number of hydrogen-bond acceptors (Lipinski definition) is 4. The van der Waals surface area contributed by atoms with Crippen LogP contribution in [0.2, 0.25) is 0 Å². The molecule has 8 nitrogen and oxygen atoms in total. The van der Waals surface area contributed by atoms with Gasteiger partial charge in [-0.05, 0) is 12.8 Å². The monoisotopic (exact) mass is 434 g/mol. The van der Waals surface area contributed by atoms with Gasteiger partial charge in [-0.25, -0.2) is 8.42 Å². The molecule has 28 heavy (non-hydrogen) atoms.